The summed E-state index contributed by atoms with van der Waals surface area (Å²) in [6.07, 6.45) is 2.42. The summed E-state index contributed by atoms with van der Waals surface area (Å²) < 4.78 is 33.4. The minimum absolute atomic E-state index is 0.0308. The van der Waals surface area contributed by atoms with Crippen LogP contribution in [-0.4, -0.2) is 9.97 Å². The molecule has 0 aliphatic rings. The van der Waals surface area contributed by atoms with Crippen LogP contribution in [0.1, 0.15) is 5.56 Å². The number of furan rings is 1. The zero-order valence-electron chi connectivity index (χ0n) is 13.0. The van der Waals surface area contributed by atoms with E-state index in [1.54, 1.807) is 0 Å². The van der Waals surface area contributed by atoms with Crippen molar-refractivity contribution in [3.05, 3.63) is 79.0 Å². The molecule has 4 rings (SSSR count). The van der Waals surface area contributed by atoms with Gasteiger partial charge in [-0.1, -0.05) is 12.1 Å². The summed E-state index contributed by atoms with van der Waals surface area (Å²) >= 11 is 0. The highest BCUT2D eigenvalue weighted by Crippen LogP contribution is 2.32. The molecule has 25 heavy (non-hydrogen) atoms. The minimum Gasteiger partial charge on any atom is -0.464 e. The molecule has 0 bridgehead atoms. The lowest BCUT2D eigenvalue weighted by Gasteiger charge is -2.09. The molecular weight excluding hydrogens is 324 g/mol. The molecule has 0 saturated carbocycles. The average Bonchev–Trinajstić information content (AvgIpc) is 3.08. The molecule has 1 N–H and O–H groups in total. The summed E-state index contributed by atoms with van der Waals surface area (Å²) in [5, 5.41) is 3.27. The smallest absolute Gasteiger partial charge is 0.227 e. The van der Waals surface area contributed by atoms with Gasteiger partial charge in [0.2, 0.25) is 5.95 Å². The summed E-state index contributed by atoms with van der Waals surface area (Å²) in [5.74, 6) is -0.848. The largest absolute Gasteiger partial charge is 0.464 e. The van der Waals surface area contributed by atoms with Crippen molar-refractivity contribution in [2.24, 2.45) is 0 Å². The Morgan fingerprint density at radius 1 is 1.04 bits per heavy atom. The normalized spacial score (nSPS) is 11.0. The second-order valence-electron chi connectivity index (χ2n) is 5.47. The third-order valence-corrected chi connectivity index (χ3v) is 3.75. The number of nitrogens with one attached hydrogen (secondary N) is 1. The Kier molecular flexibility index (Phi) is 3.65. The van der Waals surface area contributed by atoms with Gasteiger partial charge in [-0.05, 0) is 42.8 Å². The lowest BCUT2D eigenvalue weighted by Crippen LogP contribution is -2.01. The summed E-state index contributed by atoms with van der Waals surface area (Å²) in [6, 6.07) is 11.5. The first-order chi connectivity index (χ1) is 12.1. The predicted molar refractivity (Wildman–Crippen MR) is 91.3 cm³/mol. The van der Waals surface area contributed by atoms with Gasteiger partial charge in [-0.25, -0.2) is 18.7 Å². The quantitative estimate of drug-likeness (QED) is 0.566. The van der Waals surface area contributed by atoms with Gasteiger partial charge in [0.1, 0.15) is 17.1 Å². The topological polar surface area (TPSA) is 51.0 Å². The van der Waals surface area contributed by atoms with E-state index in [0.29, 0.717) is 5.56 Å². The van der Waals surface area contributed by atoms with Crippen LogP contribution in [0.3, 0.4) is 0 Å². The monoisotopic (exact) mass is 336 g/mol. The Morgan fingerprint density at radius 3 is 2.76 bits per heavy atom. The van der Waals surface area contributed by atoms with Crippen molar-refractivity contribution in [3.63, 3.8) is 0 Å². The van der Waals surface area contributed by atoms with E-state index >= 15 is 0 Å². The second-order valence-corrected chi connectivity index (χ2v) is 5.47. The molecule has 0 spiro atoms. The van der Waals surface area contributed by atoms with Crippen LogP contribution in [0.15, 0.2) is 59.3 Å². The van der Waals surface area contributed by atoms with Crippen LogP contribution in [0.2, 0.25) is 0 Å². The molecule has 0 saturated heterocycles. The van der Waals surface area contributed by atoms with Crippen molar-refractivity contribution in [2.45, 2.75) is 0 Å². The van der Waals surface area contributed by atoms with Gasteiger partial charge in [-0.2, -0.15) is 0 Å². The molecule has 6 heteroatoms. The molecule has 4 aromatic rings. The van der Waals surface area contributed by atoms with Gasteiger partial charge in [0.15, 0.2) is 5.82 Å². The number of anilines is 2. The summed E-state index contributed by atoms with van der Waals surface area (Å²) in [4.78, 5) is 8.18. The number of benzene rings is 2. The number of hydrogen-bond acceptors (Lipinski definition) is 4. The van der Waals surface area contributed by atoms with Gasteiger partial charge < -0.3 is 9.73 Å². The molecule has 0 aliphatic carbocycles. The fraction of sp³-hybridized carbons (Fsp3) is 0. The number of rotatable bonds is 3. The first-order valence-electron chi connectivity index (χ1n) is 7.49. The van der Waals surface area contributed by atoms with Crippen LogP contribution >= 0.6 is 0 Å². The maximum Gasteiger partial charge on any atom is 0.227 e. The summed E-state index contributed by atoms with van der Waals surface area (Å²) in [7, 11) is 0. The molecule has 1 radical (unpaired) electrons. The molecule has 2 aromatic carbocycles. The van der Waals surface area contributed by atoms with Crippen molar-refractivity contribution in [1.82, 2.24) is 9.97 Å². The maximum absolute atomic E-state index is 14.3. The highest BCUT2D eigenvalue weighted by Gasteiger charge is 2.16. The Morgan fingerprint density at radius 2 is 1.92 bits per heavy atom. The van der Waals surface area contributed by atoms with Gasteiger partial charge >= 0.3 is 0 Å². The van der Waals surface area contributed by atoms with E-state index in [9.17, 15) is 8.78 Å². The molecule has 2 heterocycles. The Hall–Kier alpha value is -3.28. The predicted octanol–water partition coefficient (Wildman–Crippen LogP) is 5.09. The first kappa shape index (κ1) is 15.3. The van der Waals surface area contributed by atoms with Gasteiger partial charge in [0.05, 0.1) is 17.8 Å². The molecule has 2 aromatic heterocycles. The fourth-order valence-corrected chi connectivity index (χ4v) is 2.61. The van der Waals surface area contributed by atoms with Crippen molar-refractivity contribution in [2.75, 3.05) is 5.32 Å². The highest BCUT2D eigenvalue weighted by atomic mass is 19.1. The number of hydrogen-bond donors (Lipinski definition) is 1. The van der Waals surface area contributed by atoms with Gasteiger partial charge in [0.25, 0.3) is 0 Å². The maximum atomic E-state index is 14.3. The lowest BCUT2D eigenvalue weighted by molar-refractivity contribution is 0.605. The number of nitrogens with zero attached hydrogens (tertiary/aromatic N) is 2. The van der Waals surface area contributed by atoms with E-state index in [1.165, 1.54) is 24.5 Å². The van der Waals surface area contributed by atoms with E-state index < -0.39 is 11.6 Å². The first-order valence-corrected chi connectivity index (χ1v) is 7.49. The minimum atomic E-state index is -0.624. The number of halogens is 2. The average molecular weight is 336 g/mol. The van der Waals surface area contributed by atoms with Crippen molar-refractivity contribution in [1.29, 1.82) is 0 Å². The lowest BCUT2D eigenvalue weighted by atomic mass is 10.1. The number of fused-ring (bicyclic) bond motifs is 1. The van der Waals surface area contributed by atoms with Crippen LogP contribution in [0.25, 0.3) is 22.2 Å². The van der Waals surface area contributed by atoms with Crippen LogP contribution in [0.5, 0.6) is 0 Å². The van der Waals surface area contributed by atoms with E-state index in [-0.39, 0.29) is 22.6 Å². The SMILES string of the molecule is [CH2]c1cccc(Nc2ncc(F)c(-c3ccc(F)c4ccoc34)n2)c1. The van der Waals surface area contributed by atoms with Crippen LogP contribution in [0, 0.1) is 18.6 Å². The number of aromatic nitrogens is 2. The van der Waals surface area contributed by atoms with E-state index in [1.807, 2.05) is 24.3 Å². The Labute approximate surface area is 142 Å². The summed E-state index contributed by atoms with van der Waals surface area (Å²) in [6.45, 7) is 3.85. The van der Waals surface area contributed by atoms with E-state index in [0.717, 1.165) is 17.4 Å². The molecular formula is C19H12F2N3O. The molecule has 0 unspecified atom stereocenters. The zero-order chi connectivity index (χ0) is 17.4. The third kappa shape index (κ3) is 2.82. The standard InChI is InChI=1S/C19H12F2N3O/c1-11-3-2-4-12(9-11)23-19-22-10-16(21)17(24-19)14-5-6-15(20)13-7-8-25-18(13)14/h2-10H,1H2,(H,22,23,24). The van der Waals surface area contributed by atoms with Crippen LogP contribution in [-0.2, 0) is 0 Å². The molecule has 0 amide bonds. The molecule has 0 atom stereocenters. The van der Waals surface area contributed by atoms with Gasteiger partial charge in [0, 0.05) is 11.3 Å². The van der Waals surface area contributed by atoms with E-state index in [4.69, 9.17) is 4.42 Å². The second kappa shape index (κ2) is 5.98. The zero-order valence-corrected chi connectivity index (χ0v) is 13.0. The van der Waals surface area contributed by atoms with Crippen LogP contribution < -0.4 is 5.32 Å². The third-order valence-electron chi connectivity index (χ3n) is 3.75. The van der Waals surface area contributed by atoms with E-state index in [2.05, 4.69) is 22.2 Å². The van der Waals surface area contributed by atoms with Gasteiger partial charge in [-0.3, -0.25) is 0 Å². The summed E-state index contributed by atoms with van der Waals surface area (Å²) in [5.41, 5.74) is 2.18. The Balaban J connectivity index is 1.79. The molecule has 123 valence electrons. The van der Waals surface area contributed by atoms with Gasteiger partial charge in [-0.15, -0.1) is 0 Å². The van der Waals surface area contributed by atoms with Crippen molar-refractivity contribution >= 4 is 22.6 Å². The highest BCUT2D eigenvalue weighted by molar-refractivity contribution is 5.92. The molecule has 4 nitrogen and oxygen atoms in total. The fourth-order valence-electron chi connectivity index (χ4n) is 2.61. The molecule has 0 fully saturated rings. The Bertz CT molecular complexity index is 1080. The van der Waals surface area contributed by atoms with Crippen molar-refractivity contribution < 1.29 is 13.2 Å². The van der Waals surface area contributed by atoms with Crippen molar-refractivity contribution in [3.8, 4) is 11.3 Å². The van der Waals surface area contributed by atoms with Crippen LogP contribution in [0.4, 0.5) is 20.4 Å². The molecule has 0 aliphatic heterocycles.